The summed E-state index contributed by atoms with van der Waals surface area (Å²) in [6.07, 6.45) is 0. The third-order valence-electron chi connectivity index (χ3n) is 9.71. The van der Waals surface area contributed by atoms with Gasteiger partial charge in [0.05, 0.1) is 51.1 Å². The van der Waals surface area contributed by atoms with Crippen molar-refractivity contribution in [2.45, 2.75) is 0 Å². The number of nitrogens with zero attached hydrogens (tertiary/aromatic N) is 2. The molecule has 2 aromatic heterocycles. The Hall–Kier alpha value is -7.36. The predicted molar refractivity (Wildman–Crippen MR) is 231 cm³/mol. The lowest BCUT2D eigenvalue weighted by Gasteiger charge is -2.28. The second-order valence-electron chi connectivity index (χ2n) is 12.8. The summed E-state index contributed by atoms with van der Waals surface area (Å²) in [5.74, 6) is 0. The Balaban J connectivity index is 1.29. The quantitative estimate of drug-likeness (QED) is 0.171. The van der Waals surface area contributed by atoms with Crippen LogP contribution in [0.25, 0.3) is 82.5 Å². The van der Waals surface area contributed by atoms with E-state index < -0.39 is 136 Å². The number of hydrogen-bond acceptors (Lipinski definition) is 2. The van der Waals surface area contributed by atoms with Gasteiger partial charge in [-0.1, -0.05) is 145 Å². The number of anilines is 3. The zero-order valence-electron chi connectivity index (χ0n) is 45.6. The van der Waals surface area contributed by atoms with E-state index in [4.69, 9.17) is 15.4 Å². The zero-order chi connectivity index (χ0) is 51.1. The fraction of sp³-hybridized carbons (Fsp3) is 0. The van der Waals surface area contributed by atoms with Crippen molar-refractivity contribution >= 4 is 71.6 Å². The van der Waals surface area contributed by atoms with Gasteiger partial charge < -0.3 is 13.9 Å². The van der Waals surface area contributed by atoms with Crippen LogP contribution in [0.1, 0.15) is 23.3 Å². The monoisotopic (exact) mass is 719 g/mol. The van der Waals surface area contributed by atoms with Crippen LogP contribution in [0, 0.1) is 0 Å². The van der Waals surface area contributed by atoms with Crippen molar-refractivity contribution < 1.29 is 27.7 Å². The number of rotatable bonds is 6. The van der Waals surface area contributed by atoms with E-state index in [1.54, 1.807) is 48.5 Å². The summed E-state index contributed by atoms with van der Waals surface area (Å²) >= 11 is 0. The normalized spacial score (nSPS) is 16.0. The van der Waals surface area contributed by atoms with Crippen molar-refractivity contribution in [1.82, 2.24) is 4.57 Å². The van der Waals surface area contributed by atoms with Gasteiger partial charge in [0, 0.05) is 38.5 Å². The smallest absolute Gasteiger partial charge is 0.143 e. The molecule has 0 amide bonds. The van der Waals surface area contributed by atoms with Gasteiger partial charge in [-0.3, -0.25) is 0 Å². The van der Waals surface area contributed by atoms with Crippen molar-refractivity contribution in [3.63, 3.8) is 0 Å². The van der Waals surface area contributed by atoms with E-state index in [0.717, 1.165) is 26.7 Å². The van der Waals surface area contributed by atoms with Crippen molar-refractivity contribution in [1.29, 1.82) is 0 Å². The maximum absolute atomic E-state index is 9.89. The first-order valence-corrected chi connectivity index (χ1v) is 17.4. The topological polar surface area (TPSA) is 21.3 Å². The molecule has 3 nitrogen and oxygen atoms in total. The molecule has 0 aliphatic carbocycles. The van der Waals surface area contributed by atoms with E-state index in [1.807, 2.05) is 59.2 Å². The van der Waals surface area contributed by atoms with Gasteiger partial charge in [0.15, 0.2) is 0 Å². The van der Waals surface area contributed by atoms with Gasteiger partial charge in [-0.25, -0.2) is 0 Å². The molecule has 0 saturated carbocycles. The number of fused-ring (bicyclic) bond motifs is 8. The third kappa shape index (κ3) is 5.05. The van der Waals surface area contributed by atoms with Gasteiger partial charge in [-0.05, 0) is 82.6 Å². The summed E-state index contributed by atoms with van der Waals surface area (Å²) in [4.78, 5) is 0.907. The van der Waals surface area contributed by atoms with Crippen LogP contribution >= 0.6 is 0 Å². The number of benzene rings is 9. The minimum atomic E-state index is -0.845. The molecule has 55 heavy (non-hydrogen) atoms. The number of para-hydroxylation sites is 3. The molecule has 11 rings (SSSR count). The molecular weight excluding hydrogens is 669 g/mol. The first kappa shape index (κ1) is 18.6. The van der Waals surface area contributed by atoms with Crippen molar-refractivity contribution in [2.24, 2.45) is 0 Å². The Bertz CT molecular complexity index is 4120. The van der Waals surface area contributed by atoms with Gasteiger partial charge in [0.2, 0.25) is 0 Å². The first-order chi connectivity index (χ1) is 34.4. The van der Waals surface area contributed by atoms with E-state index in [2.05, 4.69) is 0 Å². The number of aromatic nitrogens is 1. The van der Waals surface area contributed by atoms with E-state index in [-0.39, 0.29) is 38.4 Å². The summed E-state index contributed by atoms with van der Waals surface area (Å²) in [6, 6.07) is 18.5. The van der Waals surface area contributed by atoms with Gasteiger partial charge in [0.1, 0.15) is 11.2 Å². The molecule has 3 heteroatoms. The van der Waals surface area contributed by atoms with Crippen LogP contribution < -0.4 is 4.90 Å². The van der Waals surface area contributed by atoms with Crippen LogP contribution in [0.4, 0.5) is 17.1 Å². The summed E-state index contributed by atoms with van der Waals surface area (Å²) in [7, 11) is 0. The summed E-state index contributed by atoms with van der Waals surface area (Å²) in [5.41, 5.74) is -0.214. The second-order valence-corrected chi connectivity index (χ2v) is 12.8. The van der Waals surface area contributed by atoms with Gasteiger partial charge >= 0.3 is 0 Å². The van der Waals surface area contributed by atoms with Crippen molar-refractivity contribution in [3.05, 3.63) is 206 Å². The van der Waals surface area contributed by atoms with E-state index in [9.17, 15) is 12.3 Å². The SMILES string of the molecule is [2H]c1c([2H])c([2H])c(N(c2c([2H])c([2H])c(-c3cccc(-n4c5ccccc5c5ccccc54)c3)c([2H])c2[2H])c2c([2H])c([2H])c([2H])c3oc4c5c([2H])c([2H])c([2H])c([2H])c5c([2H])c([2H])c4c23)c(-c2ccccc2)c1[2H]. The highest BCUT2D eigenvalue weighted by Crippen LogP contribution is 2.47. The van der Waals surface area contributed by atoms with E-state index in [1.165, 1.54) is 0 Å². The molecule has 0 unspecified atom stereocenters. The molecule has 0 aliphatic heterocycles. The average molecular weight is 720 g/mol. The molecular formula is C52H34N2O. The molecule has 0 atom stereocenters. The van der Waals surface area contributed by atoms with Gasteiger partial charge in [-0.2, -0.15) is 0 Å². The largest absolute Gasteiger partial charge is 0.455 e. The molecule has 0 fully saturated rings. The fourth-order valence-corrected chi connectivity index (χ4v) is 7.31. The van der Waals surface area contributed by atoms with Crippen LogP contribution in [0.3, 0.4) is 0 Å². The molecule has 0 bridgehead atoms. The highest BCUT2D eigenvalue weighted by Gasteiger charge is 2.22. The minimum absolute atomic E-state index is 0.143. The molecule has 11 aromatic rings. The molecule has 0 N–H and O–H groups in total. The minimum Gasteiger partial charge on any atom is -0.455 e. The lowest BCUT2D eigenvalue weighted by molar-refractivity contribution is 0.672. The predicted octanol–water partition coefficient (Wildman–Crippen LogP) is 14.6. The van der Waals surface area contributed by atoms with Crippen LogP contribution in [0.2, 0.25) is 0 Å². The van der Waals surface area contributed by atoms with E-state index >= 15 is 0 Å². The van der Waals surface area contributed by atoms with Crippen LogP contribution in [-0.2, 0) is 0 Å². The number of hydrogen-bond donors (Lipinski definition) is 0. The zero-order valence-corrected chi connectivity index (χ0v) is 28.6. The van der Waals surface area contributed by atoms with Crippen LogP contribution in [-0.4, -0.2) is 4.57 Å². The highest BCUT2D eigenvalue weighted by atomic mass is 16.3. The third-order valence-corrected chi connectivity index (χ3v) is 9.71. The molecule has 0 aliphatic rings. The second kappa shape index (κ2) is 12.6. The Kier molecular flexibility index (Phi) is 4.28. The Morgan fingerprint density at radius 3 is 1.98 bits per heavy atom. The fourth-order valence-electron chi connectivity index (χ4n) is 7.31. The molecule has 2 heterocycles. The molecule has 9 aromatic carbocycles. The first-order valence-electron chi connectivity index (χ1n) is 25.9. The lowest BCUT2D eigenvalue weighted by atomic mass is 9.99. The van der Waals surface area contributed by atoms with Gasteiger partial charge in [-0.15, -0.1) is 0 Å². The maximum atomic E-state index is 9.89. The maximum Gasteiger partial charge on any atom is 0.143 e. The standard InChI is InChI=1S/C52H34N2O/c1-2-14-36(15-3-1)41-19-6-9-23-46(41)53(49-26-13-27-50-51(49)45-33-30-37-16-4-5-20-42(37)52(45)55-50)39-31-28-35(29-32-39)38-17-12-18-40(34-38)54-47-24-10-7-21-43(47)44-22-8-11-25-48(44)54/h1-34H/i4D,5D,6D,9D,13D,16D,19D,20D,23D,26D,27D,28D,29D,30D,31D,32D,33D. The Morgan fingerprint density at radius 1 is 0.473 bits per heavy atom. The summed E-state index contributed by atoms with van der Waals surface area (Å²) in [6.45, 7) is 0. The van der Waals surface area contributed by atoms with Crippen molar-refractivity contribution in [2.75, 3.05) is 4.90 Å². The molecule has 0 spiro atoms. The van der Waals surface area contributed by atoms with E-state index in [0.29, 0.717) is 5.69 Å². The van der Waals surface area contributed by atoms with Gasteiger partial charge in [0.25, 0.3) is 0 Å². The highest BCUT2D eigenvalue weighted by molar-refractivity contribution is 6.20. The lowest BCUT2D eigenvalue weighted by Crippen LogP contribution is -2.11. The summed E-state index contributed by atoms with van der Waals surface area (Å²) in [5, 5.41) is 0.433. The van der Waals surface area contributed by atoms with Crippen molar-refractivity contribution in [3.8, 4) is 27.9 Å². The van der Waals surface area contributed by atoms with Crippen LogP contribution in [0.5, 0.6) is 0 Å². The Labute approximate surface area is 342 Å². The molecule has 258 valence electrons. The molecule has 0 radical (unpaired) electrons. The molecule has 0 saturated heterocycles. The average Bonchev–Trinajstić information content (AvgIpc) is 3.95. The van der Waals surface area contributed by atoms with Crippen LogP contribution in [0.15, 0.2) is 210 Å². The summed E-state index contributed by atoms with van der Waals surface area (Å²) < 4.78 is 165. The number of furan rings is 1. The Morgan fingerprint density at radius 2 is 1.16 bits per heavy atom.